The van der Waals surface area contributed by atoms with Crippen molar-refractivity contribution < 1.29 is 37.6 Å². The zero-order valence-corrected chi connectivity index (χ0v) is 28.3. The van der Waals surface area contributed by atoms with Crippen molar-refractivity contribution in [3.05, 3.63) is 12.2 Å². The van der Waals surface area contributed by atoms with Gasteiger partial charge in [-0.05, 0) is 32.1 Å². The molecule has 0 rings (SSSR count). The Balaban J connectivity index is 4.29. The van der Waals surface area contributed by atoms with Crippen LogP contribution in [0.25, 0.3) is 0 Å². The number of allylic oxidation sites excluding steroid dienone is 2. The summed E-state index contributed by atoms with van der Waals surface area (Å²) in [5, 5.41) is 0. The number of carbonyl (C=O) groups is 2. The largest absolute Gasteiger partial charge is 0.472 e. The van der Waals surface area contributed by atoms with E-state index in [0.717, 1.165) is 57.8 Å². The molecule has 0 aromatic carbocycles. The van der Waals surface area contributed by atoms with E-state index >= 15 is 0 Å². The molecule has 0 aromatic heterocycles. The van der Waals surface area contributed by atoms with Gasteiger partial charge in [0.2, 0.25) is 0 Å². The number of rotatable bonds is 32. The van der Waals surface area contributed by atoms with Gasteiger partial charge in [-0.3, -0.25) is 18.6 Å². The topological polar surface area (TPSA) is 134 Å². The van der Waals surface area contributed by atoms with Gasteiger partial charge in [0.05, 0.1) is 13.2 Å². The molecule has 0 bridgehead atoms. The molecule has 0 aliphatic rings. The van der Waals surface area contributed by atoms with E-state index < -0.39 is 32.5 Å². The minimum absolute atomic E-state index is 0.0546. The van der Waals surface area contributed by atoms with Gasteiger partial charge in [-0.1, -0.05) is 122 Å². The van der Waals surface area contributed by atoms with E-state index in [-0.39, 0.29) is 32.6 Å². The number of carbonyl (C=O) groups excluding carboxylic acids is 2. The minimum Gasteiger partial charge on any atom is -0.462 e. The molecule has 0 radical (unpaired) electrons. The summed E-state index contributed by atoms with van der Waals surface area (Å²) in [6.45, 7) is 3.65. The zero-order valence-electron chi connectivity index (χ0n) is 27.4. The summed E-state index contributed by atoms with van der Waals surface area (Å²) in [6.07, 6.45) is 26.7. The number of unbranched alkanes of at least 4 members (excludes halogenated alkanes) is 17. The number of phosphoric ester groups is 1. The molecule has 0 saturated carbocycles. The average molecular weight is 634 g/mol. The number of phosphoric acid groups is 1. The number of esters is 2. The molecule has 43 heavy (non-hydrogen) atoms. The summed E-state index contributed by atoms with van der Waals surface area (Å²) in [5.41, 5.74) is 5.31. The van der Waals surface area contributed by atoms with Crippen LogP contribution in [0.2, 0.25) is 0 Å². The van der Waals surface area contributed by atoms with E-state index in [4.69, 9.17) is 24.3 Å². The van der Waals surface area contributed by atoms with Crippen LogP contribution in [0.15, 0.2) is 12.2 Å². The van der Waals surface area contributed by atoms with Crippen LogP contribution in [0, 0.1) is 0 Å². The quantitative estimate of drug-likeness (QED) is 0.0323. The maximum Gasteiger partial charge on any atom is 0.472 e. The Kier molecular flexibility index (Phi) is 29.9. The van der Waals surface area contributed by atoms with Crippen molar-refractivity contribution >= 4 is 19.8 Å². The van der Waals surface area contributed by atoms with E-state index in [2.05, 4.69) is 26.0 Å². The molecule has 3 N–H and O–H groups in total. The SMILES string of the molecule is CCCC/C=C\CCCCCCCC(=O)OC[C@H](COP(=O)(O)OCCN)OC(=O)CCCCCCCCCCCCC. The van der Waals surface area contributed by atoms with E-state index in [1.807, 2.05) is 0 Å². The summed E-state index contributed by atoms with van der Waals surface area (Å²) in [6, 6.07) is 0. The number of ether oxygens (including phenoxy) is 2. The lowest BCUT2D eigenvalue weighted by atomic mass is 10.1. The third-order valence-electron chi connectivity index (χ3n) is 7.15. The lowest BCUT2D eigenvalue weighted by Crippen LogP contribution is -2.29. The fraction of sp³-hybridized carbons (Fsp3) is 0.879. The highest BCUT2D eigenvalue weighted by Gasteiger charge is 2.25. The second kappa shape index (κ2) is 30.8. The first-order valence-corrected chi connectivity index (χ1v) is 18.7. The van der Waals surface area contributed by atoms with Crippen molar-refractivity contribution in [1.82, 2.24) is 0 Å². The molecular weight excluding hydrogens is 569 g/mol. The van der Waals surface area contributed by atoms with Gasteiger partial charge in [-0.25, -0.2) is 4.57 Å². The lowest BCUT2D eigenvalue weighted by molar-refractivity contribution is -0.161. The van der Waals surface area contributed by atoms with Gasteiger partial charge in [0.25, 0.3) is 0 Å². The van der Waals surface area contributed by atoms with Gasteiger partial charge in [0.1, 0.15) is 6.61 Å². The summed E-state index contributed by atoms with van der Waals surface area (Å²) in [5.74, 6) is -0.840. The summed E-state index contributed by atoms with van der Waals surface area (Å²) < 4.78 is 32.5. The molecule has 10 heteroatoms. The van der Waals surface area contributed by atoms with Crippen LogP contribution in [0.4, 0.5) is 0 Å². The number of nitrogens with two attached hydrogens (primary N) is 1. The molecule has 0 amide bonds. The van der Waals surface area contributed by atoms with Gasteiger partial charge in [-0.2, -0.15) is 0 Å². The van der Waals surface area contributed by atoms with Gasteiger partial charge < -0.3 is 20.1 Å². The second-order valence-electron chi connectivity index (χ2n) is 11.4. The van der Waals surface area contributed by atoms with Crippen molar-refractivity contribution in [1.29, 1.82) is 0 Å². The standard InChI is InChI=1S/C33H64NO8P/c1-3-5-7-9-11-13-15-17-19-21-23-25-32(35)39-29-31(30-41-43(37,38)40-28-27-34)42-33(36)26-24-22-20-18-16-14-12-10-8-6-4-2/h9,11,31H,3-8,10,12-30,34H2,1-2H3,(H,37,38)/b11-9-/t31-/m1/s1. The van der Waals surface area contributed by atoms with Crippen molar-refractivity contribution in [2.45, 2.75) is 161 Å². The van der Waals surface area contributed by atoms with E-state index in [0.29, 0.717) is 6.42 Å². The first kappa shape index (κ1) is 41.8. The fourth-order valence-corrected chi connectivity index (χ4v) is 5.32. The Morgan fingerprint density at radius 1 is 0.674 bits per heavy atom. The molecule has 0 spiro atoms. The van der Waals surface area contributed by atoms with Gasteiger partial charge >= 0.3 is 19.8 Å². The molecule has 0 aliphatic heterocycles. The molecule has 0 aromatic rings. The Labute approximate surface area is 262 Å². The van der Waals surface area contributed by atoms with Crippen LogP contribution >= 0.6 is 7.82 Å². The predicted octanol–water partition coefficient (Wildman–Crippen LogP) is 8.71. The van der Waals surface area contributed by atoms with Crippen molar-refractivity contribution in [3.8, 4) is 0 Å². The Hall–Kier alpha value is -1.25. The molecule has 0 heterocycles. The highest BCUT2D eigenvalue weighted by Crippen LogP contribution is 2.43. The second-order valence-corrected chi connectivity index (χ2v) is 12.8. The Bertz CT molecular complexity index is 734. The number of hydrogen-bond acceptors (Lipinski definition) is 8. The maximum absolute atomic E-state index is 12.4. The smallest absolute Gasteiger partial charge is 0.462 e. The third kappa shape index (κ3) is 30.6. The third-order valence-corrected chi connectivity index (χ3v) is 8.14. The molecule has 9 nitrogen and oxygen atoms in total. The average Bonchev–Trinajstić information content (AvgIpc) is 2.99. The lowest BCUT2D eigenvalue weighted by Gasteiger charge is -2.19. The summed E-state index contributed by atoms with van der Waals surface area (Å²) in [7, 11) is -4.36. The van der Waals surface area contributed by atoms with Crippen molar-refractivity contribution in [2.75, 3.05) is 26.4 Å². The highest BCUT2D eigenvalue weighted by atomic mass is 31.2. The van der Waals surface area contributed by atoms with Crippen LogP contribution in [0.1, 0.15) is 155 Å². The number of hydrogen-bond donors (Lipinski definition) is 2. The molecular formula is C33H64NO8P. The molecule has 254 valence electrons. The minimum atomic E-state index is -4.36. The van der Waals surface area contributed by atoms with Crippen LogP contribution < -0.4 is 5.73 Å². The summed E-state index contributed by atoms with van der Waals surface area (Å²) >= 11 is 0. The van der Waals surface area contributed by atoms with Gasteiger partial charge in [-0.15, -0.1) is 0 Å². The Morgan fingerprint density at radius 2 is 1.16 bits per heavy atom. The monoisotopic (exact) mass is 633 g/mol. The molecule has 1 unspecified atom stereocenters. The van der Waals surface area contributed by atoms with Crippen molar-refractivity contribution in [2.24, 2.45) is 5.73 Å². The van der Waals surface area contributed by atoms with Crippen LogP contribution in [0.3, 0.4) is 0 Å². The van der Waals surface area contributed by atoms with E-state index in [9.17, 15) is 19.0 Å². The Morgan fingerprint density at radius 3 is 1.72 bits per heavy atom. The van der Waals surface area contributed by atoms with E-state index in [1.165, 1.54) is 64.2 Å². The first-order chi connectivity index (χ1) is 20.8. The van der Waals surface area contributed by atoms with Gasteiger partial charge in [0.15, 0.2) is 6.10 Å². The first-order valence-electron chi connectivity index (χ1n) is 17.2. The normalized spacial score (nSPS) is 13.7. The van der Waals surface area contributed by atoms with Crippen LogP contribution in [-0.4, -0.2) is 49.3 Å². The molecule has 0 saturated heterocycles. The van der Waals surface area contributed by atoms with E-state index in [1.54, 1.807) is 0 Å². The summed E-state index contributed by atoms with van der Waals surface area (Å²) in [4.78, 5) is 34.5. The zero-order chi connectivity index (χ0) is 31.9. The highest BCUT2D eigenvalue weighted by molar-refractivity contribution is 7.47. The molecule has 2 atom stereocenters. The fourth-order valence-electron chi connectivity index (χ4n) is 4.55. The van der Waals surface area contributed by atoms with Gasteiger partial charge in [0, 0.05) is 19.4 Å². The predicted molar refractivity (Wildman–Crippen MR) is 174 cm³/mol. The van der Waals surface area contributed by atoms with Crippen molar-refractivity contribution in [3.63, 3.8) is 0 Å². The van der Waals surface area contributed by atoms with Crippen LogP contribution in [0.5, 0.6) is 0 Å². The molecule has 0 aliphatic carbocycles. The molecule has 0 fully saturated rings. The maximum atomic E-state index is 12.4. The van der Waals surface area contributed by atoms with Crippen LogP contribution in [-0.2, 0) is 32.7 Å².